The SMILES string of the molecule is CC1Cc2cc(C(=O)OCc3nc(N)nc(N(C)C)n3)ccc2N1S(C)(=O)=O. The Bertz CT molecular complexity index is 1020. The molecule has 3 rings (SSSR count). The topological polar surface area (TPSA) is 132 Å². The number of rotatable bonds is 5. The first kappa shape index (κ1) is 19.8. The number of ether oxygens (including phenoxy) is 1. The molecule has 11 heteroatoms. The van der Waals surface area contributed by atoms with Gasteiger partial charge in [-0.25, -0.2) is 13.2 Å². The van der Waals surface area contributed by atoms with Gasteiger partial charge in [-0.05, 0) is 37.1 Å². The van der Waals surface area contributed by atoms with Crippen LogP contribution in [0.25, 0.3) is 0 Å². The summed E-state index contributed by atoms with van der Waals surface area (Å²) >= 11 is 0. The maximum Gasteiger partial charge on any atom is 0.338 e. The monoisotopic (exact) mass is 406 g/mol. The van der Waals surface area contributed by atoms with Crippen molar-refractivity contribution >= 4 is 33.6 Å². The molecule has 150 valence electrons. The number of nitrogens with two attached hydrogens (primary N) is 1. The fraction of sp³-hybridized carbons (Fsp3) is 0.412. The molecule has 10 nitrogen and oxygen atoms in total. The van der Waals surface area contributed by atoms with E-state index in [-0.39, 0.29) is 24.4 Å². The molecule has 1 aromatic heterocycles. The predicted octanol–water partition coefficient (Wildman–Crippen LogP) is 0.587. The third-order valence-corrected chi connectivity index (χ3v) is 5.52. The van der Waals surface area contributed by atoms with Gasteiger partial charge in [-0.2, -0.15) is 15.0 Å². The number of nitrogen functional groups attached to an aromatic ring is 1. The second-order valence-corrected chi connectivity index (χ2v) is 8.70. The highest BCUT2D eigenvalue weighted by molar-refractivity contribution is 7.92. The maximum atomic E-state index is 12.4. The number of carbonyl (C=O) groups is 1. The van der Waals surface area contributed by atoms with Crippen molar-refractivity contribution in [1.82, 2.24) is 15.0 Å². The summed E-state index contributed by atoms with van der Waals surface area (Å²) in [5.74, 6) is 0.0873. The van der Waals surface area contributed by atoms with Gasteiger partial charge in [0.2, 0.25) is 21.9 Å². The van der Waals surface area contributed by atoms with Crippen LogP contribution in [0.5, 0.6) is 0 Å². The van der Waals surface area contributed by atoms with E-state index in [9.17, 15) is 13.2 Å². The van der Waals surface area contributed by atoms with Crippen molar-refractivity contribution in [3.8, 4) is 0 Å². The lowest BCUT2D eigenvalue weighted by atomic mass is 10.1. The molecule has 0 radical (unpaired) electrons. The smallest absolute Gasteiger partial charge is 0.338 e. The number of fused-ring (bicyclic) bond motifs is 1. The van der Waals surface area contributed by atoms with Gasteiger partial charge in [-0.15, -0.1) is 0 Å². The molecule has 28 heavy (non-hydrogen) atoms. The van der Waals surface area contributed by atoms with Gasteiger partial charge in [0.05, 0.1) is 17.5 Å². The van der Waals surface area contributed by atoms with Crippen molar-refractivity contribution in [1.29, 1.82) is 0 Å². The summed E-state index contributed by atoms with van der Waals surface area (Å²) in [7, 11) is 0.139. The predicted molar refractivity (Wildman–Crippen MR) is 105 cm³/mol. The Labute approximate surface area is 163 Å². The summed E-state index contributed by atoms with van der Waals surface area (Å²) in [4.78, 5) is 26.2. The number of esters is 1. The lowest BCUT2D eigenvalue weighted by molar-refractivity contribution is 0.0462. The van der Waals surface area contributed by atoms with Crippen molar-refractivity contribution in [2.24, 2.45) is 0 Å². The molecule has 0 saturated carbocycles. The third kappa shape index (κ3) is 3.98. The Balaban J connectivity index is 1.76. The molecule has 1 unspecified atom stereocenters. The van der Waals surface area contributed by atoms with Crippen molar-refractivity contribution in [2.75, 3.05) is 35.3 Å². The van der Waals surface area contributed by atoms with Gasteiger partial charge in [-0.1, -0.05) is 0 Å². The summed E-state index contributed by atoms with van der Waals surface area (Å²) in [6.45, 7) is 1.67. The molecule has 0 amide bonds. The van der Waals surface area contributed by atoms with Crippen molar-refractivity contribution in [3.63, 3.8) is 0 Å². The van der Waals surface area contributed by atoms with Crippen LogP contribution in [0.1, 0.15) is 28.7 Å². The fourth-order valence-electron chi connectivity index (χ4n) is 3.14. The van der Waals surface area contributed by atoms with Gasteiger partial charge in [-0.3, -0.25) is 4.31 Å². The van der Waals surface area contributed by atoms with Crippen LogP contribution in [0, 0.1) is 0 Å². The Kier molecular flexibility index (Phi) is 5.11. The number of sulfonamides is 1. The molecule has 0 bridgehead atoms. The highest BCUT2D eigenvalue weighted by Crippen LogP contribution is 2.34. The number of hydrogen-bond acceptors (Lipinski definition) is 9. The number of benzene rings is 1. The quantitative estimate of drug-likeness (QED) is 0.708. The Morgan fingerprint density at radius 1 is 1.32 bits per heavy atom. The highest BCUT2D eigenvalue weighted by Gasteiger charge is 2.32. The van der Waals surface area contributed by atoms with Gasteiger partial charge in [0, 0.05) is 20.1 Å². The molecule has 2 N–H and O–H groups in total. The van der Waals surface area contributed by atoms with E-state index >= 15 is 0 Å². The van der Waals surface area contributed by atoms with E-state index in [0.717, 1.165) is 5.56 Å². The molecule has 0 aliphatic carbocycles. The molecule has 2 heterocycles. The zero-order valence-corrected chi connectivity index (χ0v) is 16.9. The number of nitrogens with zero attached hydrogens (tertiary/aromatic N) is 5. The van der Waals surface area contributed by atoms with E-state index < -0.39 is 16.0 Å². The molecule has 1 aromatic carbocycles. The lowest BCUT2D eigenvalue weighted by Gasteiger charge is -2.21. The number of aromatic nitrogens is 3. The van der Waals surface area contributed by atoms with E-state index in [1.807, 2.05) is 6.92 Å². The van der Waals surface area contributed by atoms with E-state index in [2.05, 4.69) is 15.0 Å². The molecule has 0 saturated heterocycles. The van der Waals surface area contributed by atoms with E-state index in [1.165, 1.54) is 10.6 Å². The molecule has 1 atom stereocenters. The summed E-state index contributed by atoms with van der Waals surface area (Å²) in [5, 5.41) is 0. The number of hydrogen-bond donors (Lipinski definition) is 1. The Morgan fingerprint density at radius 3 is 2.68 bits per heavy atom. The zero-order valence-electron chi connectivity index (χ0n) is 16.1. The van der Waals surface area contributed by atoms with Crippen molar-refractivity contribution < 1.29 is 17.9 Å². The van der Waals surface area contributed by atoms with Crippen LogP contribution in [0.15, 0.2) is 18.2 Å². The molecular formula is C17H22N6O4S. The average Bonchev–Trinajstić information content (AvgIpc) is 2.94. The third-order valence-electron chi connectivity index (χ3n) is 4.25. The minimum absolute atomic E-state index is 0.0390. The number of carbonyl (C=O) groups excluding carboxylic acids is 1. The minimum atomic E-state index is -3.38. The lowest BCUT2D eigenvalue weighted by Crippen LogP contribution is -2.34. The first-order valence-electron chi connectivity index (χ1n) is 8.53. The molecule has 0 spiro atoms. The zero-order chi connectivity index (χ0) is 20.6. The van der Waals surface area contributed by atoms with Crippen molar-refractivity contribution in [3.05, 3.63) is 35.2 Å². The summed E-state index contributed by atoms with van der Waals surface area (Å²) in [6, 6.07) is 4.63. The highest BCUT2D eigenvalue weighted by atomic mass is 32.2. The van der Waals surface area contributed by atoms with Crippen LogP contribution in [0.4, 0.5) is 17.6 Å². The number of anilines is 3. The molecule has 2 aromatic rings. The Hall–Kier alpha value is -2.95. The van der Waals surface area contributed by atoms with Crippen LogP contribution in [-0.4, -0.2) is 55.7 Å². The first-order valence-corrected chi connectivity index (χ1v) is 10.4. The molecule has 1 aliphatic rings. The standard InChI is InChI=1S/C17H22N6O4S/c1-10-7-12-8-11(5-6-13(12)23(10)28(4,25)26)15(24)27-9-14-19-16(18)21-17(20-14)22(2)3/h5-6,8,10H,7,9H2,1-4H3,(H2,18,19,20,21). The van der Waals surface area contributed by atoms with Crippen LogP contribution in [0.2, 0.25) is 0 Å². The van der Waals surface area contributed by atoms with Gasteiger partial charge >= 0.3 is 5.97 Å². The average molecular weight is 406 g/mol. The maximum absolute atomic E-state index is 12.4. The molecular weight excluding hydrogens is 384 g/mol. The largest absolute Gasteiger partial charge is 0.454 e. The van der Waals surface area contributed by atoms with Crippen LogP contribution in [0.3, 0.4) is 0 Å². The second kappa shape index (κ2) is 7.23. The second-order valence-electron chi connectivity index (χ2n) is 6.84. The summed E-state index contributed by atoms with van der Waals surface area (Å²) in [5.41, 5.74) is 7.36. The molecule has 1 aliphatic heterocycles. The Morgan fingerprint density at radius 2 is 2.04 bits per heavy atom. The van der Waals surface area contributed by atoms with Gasteiger partial charge in [0.15, 0.2) is 12.4 Å². The summed E-state index contributed by atoms with van der Waals surface area (Å²) < 4.78 is 30.6. The van der Waals surface area contributed by atoms with Crippen molar-refractivity contribution in [2.45, 2.75) is 26.0 Å². The first-order chi connectivity index (χ1) is 13.1. The summed E-state index contributed by atoms with van der Waals surface area (Å²) in [6.07, 6.45) is 1.70. The van der Waals surface area contributed by atoms with Gasteiger partial charge < -0.3 is 15.4 Å². The minimum Gasteiger partial charge on any atom is -0.454 e. The normalized spacial score (nSPS) is 16.0. The fourth-order valence-corrected chi connectivity index (χ4v) is 4.40. The van der Waals surface area contributed by atoms with Crippen LogP contribution >= 0.6 is 0 Å². The van der Waals surface area contributed by atoms with Crippen LogP contribution in [-0.2, 0) is 27.8 Å². The van der Waals surface area contributed by atoms with E-state index in [1.54, 1.807) is 37.2 Å². The molecule has 0 fully saturated rings. The van der Waals surface area contributed by atoms with E-state index in [4.69, 9.17) is 10.5 Å². The van der Waals surface area contributed by atoms with Gasteiger partial charge in [0.1, 0.15) is 0 Å². The van der Waals surface area contributed by atoms with Gasteiger partial charge in [0.25, 0.3) is 0 Å². The van der Waals surface area contributed by atoms with Crippen LogP contribution < -0.4 is 14.9 Å². The van der Waals surface area contributed by atoms with E-state index in [0.29, 0.717) is 23.6 Å².